The number of halogens is 1. The summed E-state index contributed by atoms with van der Waals surface area (Å²) in [5.74, 6) is -0.188. The van der Waals surface area contributed by atoms with Gasteiger partial charge in [-0.3, -0.25) is 29.5 Å². The van der Waals surface area contributed by atoms with Gasteiger partial charge in [0.25, 0.3) is 17.5 Å². The average Bonchev–Trinajstić information content (AvgIpc) is 3.23. The maximum absolute atomic E-state index is 13.5. The van der Waals surface area contributed by atoms with E-state index in [1.54, 1.807) is 29.2 Å². The molecule has 0 aromatic heterocycles. The second kappa shape index (κ2) is 17.1. The summed E-state index contributed by atoms with van der Waals surface area (Å²) >= 11 is 3.65. The standard InChI is InChI=1S/C24H23BrN2O.C24H23N3O3/c1-2-3-8-17-13-15-18(16-14-17)27-23(19-9-4-6-11-21(19)25)26-22-12-7-5-10-20(22)24(27)28;1-24(2,3)16-12-14-17(15-13-16)26-22(19-9-5-7-11-21(19)27(29)30)25-20-10-6-4-8-18(20)23(26)28/h4-7,9-16,23,26H,2-3,8H2,1H3;4-15,22,25H,1-3H3. The first-order valence-electron chi connectivity index (χ1n) is 19.5. The van der Waals surface area contributed by atoms with Gasteiger partial charge in [-0.2, -0.15) is 0 Å². The van der Waals surface area contributed by atoms with Crippen LogP contribution in [-0.2, 0) is 11.8 Å². The Kier molecular flexibility index (Phi) is 11.8. The number of para-hydroxylation sites is 3. The predicted octanol–water partition coefficient (Wildman–Crippen LogP) is 12.2. The molecule has 0 saturated carbocycles. The number of hydrogen-bond donors (Lipinski definition) is 2. The molecule has 2 amide bonds. The number of nitrogens with one attached hydrogen (secondary N) is 2. The monoisotopic (exact) mass is 835 g/mol. The lowest BCUT2D eigenvalue weighted by Crippen LogP contribution is -2.43. The number of benzene rings is 6. The fourth-order valence-electron chi connectivity index (χ4n) is 7.38. The van der Waals surface area contributed by atoms with E-state index < -0.39 is 11.1 Å². The number of hydrogen-bond acceptors (Lipinski definition) is 6. The van der Waals surface area contributed by atoms with Crippen LogP contribution in [0.5, 0.6) is 0 Å². The van der Waals surface area contributed by atoms with E-state index in [0.29, 0.717) is 28.1 Å². The van der Waals surface area contributed by atoms with Crippen LogP contribution in [0, 0.1) is 10.1 Å². The Balaban J connectivity index is 0.000000177. The number of aryl methyl sites for hydroxylation is 1. The molecular weight excluding hydrogens is 790 g/mol. The van der Waals surface area contributed by atoms with Crippen molar-refractivity contribution in [2.45, 2.75) is 64.7 Å². The minimum absolute atomic E-state index is 0.0106. The van der Waals surface area contributed by atoms with Crippen molar-refractivity contribution in [2.24, 2.45) is 0 Å². The van der Waals surface area contributed by atoms with Gasteiger partial charge in [0.05, 0.1) is 21.6 Å². The van der Waals surface area contributed by atoms with Crippen LogP contribution in [0.3, 0.4) is 0 Å². The Hall–Kier alpha value is -6.26. The third-order valence-corrected chi connectivity index (χ3v) is 11.2. The highest BCUT2D eigenvalue weighted by Crippen LogP contribution is 2.41. The van der Waals surface area contributed by atoms with Gasteiger partial charge in [-0.05, 0) is 90.0 Å². The van der Waals surface area contributed by atoms with Gasteiger partial charge in [-0.1, -0.05) is 129 Å². The van der Waals surface area contributed by atoms with E-state index >= 15 is 0 Å². The van der Waals surface area contributed by atoms with Crippen LogP contribution in [0.4, 0.5) is 28.4 Å². The zero-order valence-electron chi connectivity index (χ0n) is 33.0. The summed E-state index contributed by atoms with van der Waals surface area (Å²) in [5.41, 5.74) is 8.19. The highest BCUT2D eigenvalue weighted by atomic mass is 79.9. The number of amides is 2. The van der Waals surface area contributed by atoms with Crippen molar-refractivity contribution in [1.82, 2.24) is 0 Å². The van der Waals surface area contributed by atoms with Crippen molar-refractivity contribution in [3.05, 3.63) is 194 Å². The molecule has 0 radical (unpaired) electrons. The fraction of sp³-hybridized carbons (Fsp3) is 0.208. The molecule has 0 bridgehead atoms. The Bertz CT molecular complexity index is 2450. The molecule has 8 rings (SSSR count). The van der Waals surface area contributed by atoms with Crippen molar-refractivity contribution in [2.75, 3.05) is 20.4 Å². The highest BCUT2D eigenvalue weighted by molar-refractivity contribution is 9.10. The van der Waals surface area contributed by atoms with Crippen LogP contribution >= 0.6 is 15.9 Å². The minimum Gasteiger partial charge on any atom is -0.360 e. The average molecular weight is 837 g/mol. The lowest BCUT2D eigenvalue weighted by molar-refractivity contribution is -0.385. The summed E-state index contributed by atoms with van der Waals surface area (Å²) in [6, 6.07) is 45.7. The Labute approximate surface area is 348 Å². The number of unbranched alkanes of at least 4 members (excludes halogenated alkanes) is 1. The topological polar surface area (TPSA) is 108 Å². The molecule has 2 N–H and O–H groups in total. The van der Waals surface area contributed by atoms with Gasteiger partial charge in [0.15, 0.2) is 0 Å². The molecule has 2 heterocycles. The van der Waals surface area contributed by atoms with E-state index in [9.17, 15) is 19.7 Å². The number of carbonyl (C=O) groups is 2. The quantitative estimate of drug-likeness (QED) is 0.117. The molecule has 58 heavy (non-hydrogen) atoms. The minimum atomic E-state index is -0.700. The van der Waals surface area contributed by atoms with Crippen molar-refractivity contribution in [1.29, 1.82) is 0 Å². The van der Waals surface area contributed by atoms with E-state index in [2.05, 4.69) is 78.5 Å². The second-order valence-corrected chi connectivity index (χ2v) is 16.3. The van der Waals surface area contributed by atoms with Crippen LogP contribution in [0.25, 0.3) is 0 Å². The third-order valence-electron chi connectivity index (χ3n) is 10.5. The Morgan fingerprint density at radius 1 is 0.638 bits per heavy atom. The summed E-state index contributed by atoms with van der Waals surface area (Å²) < 4.78 is 0.976. The zero-order chi connectivity index (χ0) is 41.0. The van der Waals surface area contributed by atoms with Crippen LogP contribution < -0.4 is 20.4 Å². The molecular formula is C48H46BrN5O4. The molecule has 2 aliphatic rings. The Morgan fingerprint density at radius 3 is 1.62 bits per heavy atom. The first kappa shape index (κ1) is 40.0. The van der Waals surface area contributed by atoms with Crippen molar-refractivity contribution in [3.63, 3.8) is 0 Å². The van der Waals surface area contributed by atoms with Crippen LogP contribution in [-0.4, -0.2) is 16.7 Å². The van der Waals surface area contributed by atoms with E-state index in [1.807, 2.05) is 95.9 Å². The maximum atomic E-state index is 13.5. The molecule has 0 fully saturated rings. The van der Waals surface area contributed by atoms with Crippen LogP contribution in [0.1, 0.15) is 95.8 Å². The summed E-state index contributed by atoms with van der Waals surface area (Å²) in [4.78, 5) is 41.6. The van der Waals surface area contributed by atoms with Crippen LogP contribution in [0.15, 0.2) is 150 Å². The first-order chi connectivity index (χ1) is 28.0. The van der Waals surface area contributed by atoms with E-state index in [1.165, 1.54) is 24.5 Å². The molecule has 294 valence electrons. The maximum Gasteiger partial charge on any atom is 0.276 e. The first-order valence-corrected chi connectivity index (χ1v) is 20.3. The number of carbonyl (C=O) groups excluding carboxylic acids is 2. The number of rotatable bonds is 8. The normalized spacial score (nSPS) is 15.9. The summed E-state index contributed by atoms with van der Waals surface area (Å²) in [6.45, 7) is 8.58. The summed E-state index contributed by atoms with van der Waals surface area (Å²) in [7, 11) is 0. The van der Waals surface area contributed by atoms with Gasteiger partial charge < -0.3 is 10.6 Å². The van der Waals surface area contributed by atoms with Gasteiger partial charge in [-0.25, -0.2) is 0 Å². The van der Waals surface area contributed by atoms with Crippen molar-refractivity contribution >= 4 is 56.2 Å². The zero-order valence-corrected chi connectivity index (χ0v) is 34.6. The fourth-order valence-corrected chi connectivity index (χ4v) is 7.88. The summed E-state index contributed by atoms with van der Waals surface area (Å²) in [5, 5.41) is 18.6. The second-order valence-electron chi connectivity index (χ2n) is 15.4. The van der Waals surface area contributed by atoms with Crippen molar-refractivity contribution < 1.29 is 14.5 Å². The lowest BCUT2D eigenvalue weighted by Gasteiger charge is -2.38. The molecule has 9 nitrogen and oxygen atoms in total. The number of nitro benzene ring substituents is 1. The summed E-state index contributed by atoms with van der Waals surface area (Å²) in [6.07, 6.45) is 2.45. The molecule has 6 aromatic carbocycles. The number of nitrogens with zero attached hydrogens (tertiary/aromatic N) is 3. The smallest absolute Gasteiger partial charge is 0.276 e. The molecule has 0 aliphatic carbocycles. The van der Waals surface area contributed by atoms with Gasteiger partial charge in [0, 0.05) is 38.9 Å². The highest BCUT2D eigenvalue weighted by Gasteiger charge is 2.38. The predicted molar refractivity (Wildman–Crippen MR) is 237 cm³/mol. The largest absolute Gasteiger partial charge is 0.360 e. The molecule has 10 heteroatoms. The molecule has 2 atom stereocenters. The lowest BCUT2D eigenvalue weighted by atomic mass is 9.87. The number of nitro groups is 1. The molecule has 2 unspecified atom stereocenters. The van der Waals surface area contributed by atoms with E-state index in [4.69, 9.17) is 0 Å². The molecule has 0 saturated heterocycles. The molecule has 0 spiro atoms. The van der Waals surface area contributed by atoms with Crippen LogP contribution in [0.2, 0.25) is 0 Å². The van der Waals surface area contributed by atoms with Gasteiger partial charge in [0.1, 0.15) is 12.3 Å². The number of fused-ring (bicyclic) bond motifs is 2. The van der Waals surface area contributed by atoms with E-state index in [0.717, 1.165) is 33.4 Å². The van der Waals surface area contributed by atoms with E-state index in [-0.39, 0.29) is 29.1 Å². The van der Waals surface area contributed by atoms with Gasteiger partial charge in [-0.15, -0.1) is 0 Å². The van der Waals surface area contributed by atoms with Crippen molar-refractivity contribution in [3.8, 4) is 0 Å². The number of anilines is 4. The Morgan fingerprint density at radius 2 is 1.10 bits per heavy atom. The molecule has 6 aromatic rings. The molecule has 2 aliphatic heterocycles. The SMILES string of the molecule is CC(C)(C)c1ccc(N2C(=O)c3ccccc3NC2c2ccccc2[N+](=O)[O-])cc1.CCCCc1ccc(N2C(=O)c3ccccc3NC2c2ccccc2Br)cc1. The van der Waals surface area contributed by atoms with Gasteiger partial charge >= 0.3 is 0 Å². The third kappa shape index (κ3) is 8.24. The van der Waals surface area contributed by atoms with Gasteiger partial charge in [0.2, 0.25) is 0 Å².